The Morgan fingerprint density at radius 1 is 0.556 bits per heavy atom. The summed E-state index contributed by atoms with van der Waals surface area (Å²) in [7, 11) is 0. The molecule has 1 saturated carbocycles. The van der Waals surface area contributed by atoms with Crippen molar-refractivity contribution < 1.29 is 0 Å². The van der Waals surface area contributed by atoms with Crippen LogP contribution in [0.2, 0.25) is 0 Å². The van der Waals surface area contributed by atoms with Gasteiger partial charge in [-0.2, -0.15) is 0 Å². The highest BCUT2D eigenvalue weighted by Crippen LogP contribution is 2.35. The third kappa shape index (κ3) is 7.83. The van der Waals surface area contributed by atoms with Gasteiger partial charge < -0.3 is 0 Å². The Labute approximate surface area is 221 Å². The highest BCUT2D eigenvalue weighted by Gasteiger charge is 2.21. The van der Waals surface area contributed by atoms with E-state index in [1.54, 1.807) is 0 Å². The molecule has 0 heteroatoms. The van der Waals surface area contributed by atoms with E-state index in [0.29, 0.717) is 0 Å². The molecule has 2 unspecified atom stereocenters. The Balaban J connectivity index is 1.54. The number of hydrogen-bond acceptors (Lipinski definition) is 0. The highest BCUT2D eigenvalue weighted by molar-refractivity contribution is 5.45. The maximum absolute atomic E-state index is 2.39. The zero-order chi connectivity index (χ0) is 25.3. The molecule has 0 bridgehead atoms. The van der Waals surface area contributed by atoms with Crippen LogP contribution >= 0.6 is 0 Å². The lowest BCUT2D eigenvalue weighted by atomic mass is 9.83. The molecule has 0 amide bonds. The summed E-state index contributed by atoms with van der Waals surface area (Å²) < 4.78 is 0. The van der Waals surface area contributed by atoms with E-state index in [-0.39, 0.29) is 5.92 Å². The Bertz CT molecular complexity index is 963. The summed E-state index contributed by atoms with van der Waals surface area (Å²) in [5, 5.41) is 0. The number of aryl methyl sites for hydroxylation is 3. The predicted octanol–water partition coefficient (Wildman–Crippen LogP) is 10.2. The maximum Gasteiger partial charge on any atom is 0.0339 e. The summed E-state index contributed by atoms with van der Waals surface area (Å²) in [5.41, 5.74) is 8.64. The fraction of sp³-hybridized carbons (Fsp3) is 0.500. The molecule has 0 N–H and O–H groups in total. The summed E-state index contributed by atoms with van der Waals surface area (Å²) in [6.07, 6.45) is 12.9. The third-order valence-corrected chi connectivity index (χ3v) is 8.72. The lowest BCUT2D eigenvalue weighted by Crippen LogP contribution is -2.05. The van der Waals surface area contributed by atoms with Gasteiger partial charge in [0, 0.05) is 5.92 Å². The van der Waals surface area contributed by atoms with Gasteiger partial charge >= 0.3 is 0 Å². The van der Waals surface area contributed by atoms with Crippen molar-refractivity contribution in [1.29, 1.82) is 0 Å². The van der Waals surface area contributed by atoms with Gasteiger partial charge in [0.05, 0.1) is 0 Å². The topological polar surface area (TPSA) is 0 Å². The van der Waals surface area contributed by atoms with Crippen LogP contribution in [0.25, 0.3) is 0 Å². The van der Waals surface area contributed by atoms with Crippen LogP contribution in [0.5, 0.6) is 0 Å². The molecule has 0 saturated heterocycles. The van der Waals surface area contributed by atoms with Crippen LogP contribution in [-0.2, 0) is 19.3 Å². The van der Waals surface area contributed by atoms with E-state index in [9.17, 15) is 0 Å². The van der Waals surface area contributed by atoms with Gasteiger partial charge in [-0.3, -0.25) is 0 Å². The molecule has 192 valence electrons. The smallest absolute Gasteiger partial charge is 0.0339 e. The molecule has 36 heavy (non-hydrogen) atoms. The van der Waals surface area contributed by atoms with Crippen LogP contribution in [0, 0.1) is 17.8 Å². The average molecular weight is 481 g/mol. The standard InChI is InChI=1S/C36H48/c1-5-27(3)7-9-29-15-21-33(22-16-29)36(34-23-17-30(18-24-34)10-8-28(4)6-2)35-25-19-32(20-26-35)14-13-31-11-12-31/h15-28,31,36H,5-14H2,1-4H3. The summed E-state index contributed by atoms with van der Waals surface area (Å²) >= 11 is 0. The fourth-order valence-electron chi connectivity index (χ4n) is 5.22. The van der Waals surface area contributed by atoms with Gasteiger partial charge in [-0.15, -0.1) is 0 Å². The second-order valence-electron chi connectivity index (χ2n) is 11.7. The van der Waals surface area contributed by atoms with Crippen LogP contribution in [0.1, 0.15) is 112 Å². The molecule has 1 aliphatic rings. The first-order valence-corrected chi connectivity index (χ1v) is 14.8. The molecule has 4 rings (SSSR count). The van der Waals surface area contributed by atoms with E-state index in [0.717, 1.165) is 17.8 Å². The van der Waals surface area contributed by atoms with Gasteiger partial charge in [0.2, 0.25) is 0 Å². The maximum atomic E-state index is 2.39. The van der Waals surface area contributed by atoms with E-state index < -0.39 is 0 Å². The largest absolute Gasteiger partial charge is 0.0651 e. The molecule has 0 heterocycles. The van der Waals surface area contributed by atoms with E-state index in [1.165, 1.54) is 97.6 Å². The number of benzene rings is 3. The predicted molar refractivity (Wildman–Crippen MR) is 157 cm³/mol. The molecule has 3 aromatic carbocycles. The summed E-state index contributed by atoms with van der Waals surface area (Å²) in [4.78, 5) is 0. The molecule has 0 nitrogen and oxygen atoms in total. The van der Waals surface area contributed by atoms with Gasteiger partial charge in [-0.1, -0.05) is 126 Å². The minimum Gasteiger partial charge on any atom is -0.0651 e. The first-order chi connectivity index (χ1) is 17.6. The van der Waals surface area contributed by atoms with Crippen molar-refractivity contribution in [3.63, 3.8) is 0 Å². The van der Waals surface area contributed by atoms with Crippen molar-refractivity contribution in [2.24, 2.45) is 17.8 Å². The summed E-state index contributed by atoms with van der Waals surface area (Å²) in [6, 6.07) is 28.6. The molecule has 2 atom stereocenters. The molecule has 1 aliphatic carbocycles. The molecular formula is C36H48. The van der Waals surface area contributed by atoms with Crippen molar-refractivity contribution in [2.45, 2.75) is 97.8 Å². The second-order valence-corrected chi connectivity index (χ2v) is 11.7. The molecule has 1 fully saturated rings. The lowest BCUT2D eigenvalue weighted by Gasteiger charge is -2.20. The second kappa shape index (κ2) is 13.3. The molecule has 0 aliphatic heterocycles. The Morgan fingerprint density at radius 3 is 1.25 bits per heavy atom. The molecule has 0 spiro atoms. The van der Waals surface area contributed by atoms with Crippen molar-refractivity contribution in [1.82, 2.24) is 0 Å². The first-order valence-electron chi connectivity index (χ1n) is 14.8. The van der Waals surface area contributed by atoms with Gasteiger partial charge in [-0.25, -0.2) is 0 Å². The minimum atomic E-state index is 0.287. The van der Waals surface area contributed by atoms with Crippen molar-refractivity contribution in [2.75, 3.05) is 0 Å². The SMILES string of the molecule is CCC(C)CCc1ccc(C(c2ccc(CCC(C)CC)cc2)c2ccc(CCC3CC3)cc2)cc1. The lowest BCUT2D eigenvalue weighted by molar-refractivity contribution is 0.516. The van der Waals surface area contributed by atoms with Crippen LogP contribution in [0.3, 0.4) is 0 Å². The Hall–Kier alpha value is -2.34. The van der Waals surface area contributed by atoms with Crippen molar-refractivity contribution in [3.05, 3.63) is 106 Å². The van der Waals surface area contributed by atoms with Gasteiger partial charge in [0.1, 0.15) is 0 Å². The zero-order valence-corrected chi connectivity index (χ0v) is 23.3. The molecular weight excluding hydrogens is 432 g/mol. The van der Waals surface area contributed by atoms with Crippen LogP contribution in [-0.4, -0.2) is 0 Å². The van der Waals surface area contributed by atoms with E-state index in [2.05, 4.69) is 100 Å². The quantitative estimate of drug-likeness (QED) is 0.201. The molecule has 0 aromatic heterocycles. The monoisotopic (exact) mass is 480 g/mol. The summed E-state index contributed by atoms with van der Waals surface area (Å²) in [6.45, 7) is 9.33. The molecule has 0 radical (unpaired) electrons. The van der Waals surface area contributed by atoms with E-state index >= 15 is 0 Å². The van der Waals surface area contributed by atoms with Crippen LogP contribution in [0.15, 0.2) is 72.8 Å². The van der Waals surface area contributed by atoms with Crippen LogP contribution in [0.4, 0.5) is 0 Å². The Morgan fingerprint density at radius 2 is 0.917 bits per heavy atom. The number of hydrogen-bond donors (Lipinski definition) is 0. The van der Waals surface area contributed by atoms with Crippen molar-refractivity contribution in [3.8, 4) is 0 Å². The highest BCUT2D eigenvalue weighted by atomic mass is 14.3. The number of rotatable bonds is 14. The van der Waals surface area contributed by atoms with Gasteiger partial charge in [0.15, 0.2) is 0 Å². The van der Waals surface area contributed by atoms with E-state index in [4.69, 9.17) is 0 Å². The summed E-state index contributed by atoms with van der Waals surface area (Å²) in [5.74, 6) is 2.88. The Kier molecular flexibility index (Phi) is 9.85. The zero-order valence-electron chi connectivity index (χ0n) is 23.3. The van der Waals surface area contributed by atoms with Gasteiger partial charge in [-0.05, 0) is 89.7 Å². The average Bonchev–Trinajstić information content (AvgIpc) is 3.76. The van der Waals surface area contributed by atoms with Crippen molar-refractivity contribution >= 4 is 0 Å². The third-order valence-electron chi connectivity index (χ3n) is 8.72. The van der Waals surface area contributed by atoms with Gasteiger partial charge in [0.25, 0.3) is 0 Å². The fourth-order valence-corrected chi connectivity index (χ4v) is 5.22. The van der Waals surface area contributed by atoms with Crippen LogP contribution < -0.4 is 0 Å². The van der Waals surface area contributed by atoms with E-state index in [1.807, 2.05) is 0 Å². The minimum absolute atomic E-state index is 0.287. The molecule has 3 aromatic rings. The first kappa shape index (κ1) is 26.7. The normalized spacial score (nSPS) is 16.0.